The summed E-state index contributed by atoms with van der Waals surface area (Å²) < 4.78 is 0. The molecule has 0 fully saturated rings. The molecule has 3 nitrogen and oxygen atoms in total. The van der Waals surface area contributed by atoms with Crippen LogP contribution < -0.4 is 0 Å². The molecule has 0 saturated carbocycles. The Labute approximate surface area is 74.3 Å². The molecule has 0 aliphatic rings. The van der Waals surface area contributed by atoms with E-state index in [1.165, 1.54) is 0 Å². The molecule has 0 atom stereocenters. The predicted molar refractivity (Wildman–Crippen MR) is 46.0 cm³/mol. The Morgan fingerprint density at radius 3 is 2.42 bits per heavy atom. The van der Waals surface area contributed by atoms with Crippen molar-refractivity contribution >= 4 is 17.5 Å². The predicted octanol–water partition coefficient (Wildman–Crippen LogP) is 2.18. The second-order valence-electron chi connectivity index (χ2n) is 2.29. The minimum atomic E-state index is -0.669. The second-order valence-corrected chi connectivity index (χ2v) is 2.72. The molecule has 0 aromatic heterocycles. The molecule has 0 N–H and O–H groups in total. The monoisotopic (exact) mass is 183 g/mol. The van der Waals surface area contributed by atoms with E-state index in [0.717, 1.165) is 5.56 Å². The lowest BCUT2D eigenvalue weighted by molar-refractivity contribution is -0.117. The number of nitroso groups, excluding NO2 is 1. The Morgan fingerprint density at radius 2 is 1.92 bits per heavy atom. The van der Waals surface area contributed by atoms with Gasteiger partial charge in [0.1, 0.15) is 0 Å². The van der Waals surface area contributed by atoms with Gasteiger partial charge in [0, 0.05) is 10.2 Å². The molecule has 0 heterocycles. The van der Waals surface area contributed by atoms with Gasteiger partial charge in [0.05, 0.1) is 6.42 Å². The summed E-state index contributed by atoms with van der Waals surface area (Å²) in [4.78, 5) is 20.3. The third-order valence-corrected chi connectivity index (χ3v) is 1.62. The summed E-state index contributed by atoms with van der Waals surface area (Å²) in [5, 5.41) is 2.89. The molecular weight excluding hydrogens is 178 g/mol. The number of amides is 1. The van der Waals surface area contributed by atoms with Crippen molar-refractivity contribution in [1.82, 2.24) is 0 Å². The average Bonchev–Trinajstić information content (AvgIpc) is 2.09. The van der Waals surface area contributed by atoms with Gasteiger partial charge in [-0.05, 0) is 17.7 Å². The summed E-state index contributed by atoms with van der Waals surface area (Å²) >= 11 is 5.61. The van der Waals surface area contributed by atoms with Crippen molar-refractivity contribution < 1.29 is 4.79 Å². The van der Waals surface area contributed by atoms with Crippen molar-refractivity contribution in [2.75, 3.05) is 0 Å². The molecule has 0 bridgehead atoms. The summed E-state index contributed by atoms with van der Waals surface area (Å²) in [6, 6.07) is 6.70. The van der Waals surface area contributed by atoms with Gasteiger partial charge < -0.3 is 0 Å². The second kappa shape index (κ2) is 3.97. The van der Waals surface area contributed by atoms with E-state index in [1.54, 1.807) is 24.3 Å². The van der Waals surface area contributed by atoms with Gasteiger partial charge in [0.15, 0.2) is 0 Å². The first-order valence-corrected chi connectivity index (χ1v) is 3.71. The normalized spacial score (nSPS) is 9.42. The highest BCUT2D eigenvalue weighted by molar-refractivity contribution is 6.30. The number of hydrogen-bond donors (Lipinski definition) is 0. The topological polar surface area (TPSA) is 46.5 Å². The van der Waals surface area contributed by atoms with E-state index in [1.807, 2.05) is 0 Å². The molecule has 1 aromatic rings. The third kappa shape index (κ3) is 2.43. The summed E-state index contributed by atoms with van der Waals surface area (Å²) in [5.74, 6) is -0.669. The van der Waals surface area contributed by atoms with E-state index in [9.17, 15) is 9.70 Å². The molecular formula is C8H6ClNO2. The third-order valence-electron chi connectivity index (χ3n) is 1.37. The van der Waals surface area contributed by atoms with Crippen LogP contribution in [0.1, 0.15) is 5.56 Å². The Hall–Kier alpha value is -1.22. The summed E-state index contributed by atoms with van der Waals surface area (Å²) in [6.45, 7) is 0. The first kappa shape index (κ1) is 8.87. The van der Waals surface area contributed by atoms with E-state index in [4.69, 9.17) is 11.6 Å². The Bertz CT molecular complexity index is 294. The van der Waals surface area contributed by atoms with Crippen LogP contribution in [0.4, 0.5) is 0 Å². The molecule has 0 radical (unpaired) electrons. The fourth-order valence-corrected chi connectivity index (χ4v) is 0.935. The van der Waals surface area contributed by atoms with Gasteiger partial charge >= 0.3 is 0 Å². The SMILES string of the molecule is O=NC(=O)Cc1ccc(Cl)cc1. The van der Waals surface area contributed by atoms with E-state index >= 15 is 0 Å². The molecule has 1 amide bonds. The number of rotatable bonds is 2. The highest BCUT2D eigenvalue weighted by Gasteiger charge is 2.01. The maximum Gasteiger partial charge on any atom is 0.290 e. The molecule has 0 saturated heterocycles. The number of nitrogens with zero attached hydrogens (tertiary/aromatic N) is 1. The zero-order valence-electron chi connectivity index (χ0n) is 6.16. The quantitative estimate of drug-likeness (QED) is 0.660. The van der Waals surface area contributed by atoms with Crippen LogP contribution in [0.2, 0.25) is 5.02 Å². The molecule has 0 spiro atoms. The van der Waals surface area contributed by atoms with Gasteiger partial charge in [-0.3, -0.25) is 4.79 Å². The maximum atomic E-state index is 10.6. The molecule has 1 aromatic carbocycles. The van der Waals surface area contributed by atoms with Gasteiger partial charge in [0.2, 0.25) is 0 Å². The van der Waals surface area contributed by atoms with Gasteiger partial charge in [-0.1, -0.05) is 23.7 Å². The smallest absolute Gasteiger partial charge is 0.269 e. The van der Waals surface area contributed by atoms with Crippen molar-refractivity contribution in [1.29, 1.82) is 0 Å². The minimum Gasteiger partial charge on any atom is -0.269 e. The molecule has 62 valence electrons. The number of halogens is 1. The van der Waals surface area contributed by atoms with Crippen LogP contribution in [-0.4, -0.2) is 5.91 Å². The number of benzene rings is 1. The zero-order valence-corrected chi connectivity index (χ0v) is 6.91. The Balaban J connectivity index is 2.71. The van der Waals surface area contributed by atoms with Gasteiger partial charge in [-0.25, -0.2) is 0 Å². The van der Waals surface area contributed by atoms with Crippen LogP contribution in [0.25, 0.3) is 0 Å². The molecule has 0 aliphatic heterocycles. The molecule has 12 heavy (non-hydrogen) atoms. The van der Waals surface area contributed by atoms with E-state index in [-0.39, 0.29) is 6.42 Å². The summed E-state index contributed by atoms with van der Waals surface area (Å²) in [5.41, 5.74) is 0.740. The molecule has 0 unspecified atom stereocenters. The molecule has 4 heteroatoms. The first-order chi connectivity index (χ1) is 5.72. The van der Waals surface area contributed by atoms with Crippen molar-refractivity contribution in [3.05, 3.63) is 39.8 Å². The van der Waals surface area contributed by atoms with Crippen LogP contribution in [0, 0.1) is 4.91 Å². The van der Waals surface area contributed by atoms with Crippen molar-refractivity contribution in [3.8, 4) is 0 Å². The average molecular weight is 184 g/mol. The zero-order chi connectivity index (χ0) is 8.97. The fourth-order valence-electron chi connectivity index (χ4n) is 0.809. The number of hydrogen-bond acceptors (Lipinski definition) is 2. The van der Waals surface area contributed by atoms with Gasteiger partial charge in [-0.2, -0.15) is 0 Å². The molecule has 0 aliphatic carbocycles. The Morgan fingerprint density at radius 1 is 1.33 bits per heavy atom. The van der Waals surface area contributed by atoms with E-state index in [0.29, 0.717) is 5.02 Å². The lowest BCUT2D eigenvalue weighted by Crippen LogP contribution is -1.96. The lowest BCUT2D eigenvalue weighted by Gasteiger charge is -1.94. The maximum absolute atomic E-state index is 10.6. The number of carbonyl (C=O) groups is 1. The largest absolute Gasteiger partial charge is 0.290 e. The van der Waals surface area contributed by atoms with Crippen LogP contribution >= 0.6 is 11.6 Å². The fraction of sp³-hybridized carbons (Fsp3) is 0.125. The van der Waals surface area contributed by atoms with E-state index in [2.05, 4.69) is 5.18 Å². The van der Waals surface area contributed by atoms with Gasteiger partial charge in [0.25, 0.3) is 5.91 Å². The van der Waals surface area contributed by atoms with Crippen LogP contribution in [0.3, 0.4) is 0 Å². The number of carbonyl (C=O) groups excluding carboxylic acids is 1. The Kier molecular flexibility index (Phi) is 2.94. The lowest BCUT2D eigenvalue weighted by atomic mass is 10.1. The van der Waals surface area contributed by atoms with E-state index < -0.39 is 5.91 Å². The van der Waals surface area contributed by atoms with Crippen LogP contribution in [0.5, 0.6) is 0 Å². The van der Waals surface area contributed by atoms with Crippen LogP contribution in [0.15, 0.2) is 29.4 Å². The van der Waals surface area contributed by atoms with Crippen molar-refractivity contribution in [2.45, 2.75) is 6.42 Å². The highest BCUT2D eigenvalue weighted by Crippen LogP contribution is 2.09. The standard InChI is InChI=1S/C8H6ClNO2/c9-7-3-1-6(2-4-7)5-8(11)10-12/h1-4H,5H2. The van der Waals surface area contributed by atoms with Gasteiger partial charge in [-0.15, -0.1) is 4.91 Å². The molecule has 1 rings (SSSR count). The first-order valence-electron chi connectivity index (χ1n) is 3.33. The van der Waals surface area contributed by atoms with Crippen LogP contribution in [-0.2, 0) is 11.2 Å². The summed E-state index contributed by atoms with van der Waals surface area (Å²) in [6.07, 6.45) is 0.0423. The van der Waals surface area contributed by atoms with Crippen molar-refractivity contribution in [2.24, 2.45) is 5.18 Å². The summed E-state index contributed by atoms with van der Waals surface area (Å²) in [7, 11) is 0. The van der Waals surface area contributed by atoms with Crippen molar-refractivity contribution in [3.63, 3.8) is 0 Å². The highest BCUT2D eigenvalue weighted by atomic mass is 35.5. The minimum absolute atomic E-state index is 0.0423.